The molecule has 2 N–H and O–H groups in total. The van der Waals surface area contributed by atoms with E-state index >= 15 is 0 Å². The number of hydrogen-bond acceptors (Lipinski definition) is 3. The molecule has 5 heteroatoms. The molecular formula is C18H29N3O2. The molecule has 128 valence electrons. The van der Waals surface area contributed by atoms with Crippen molar-refractivity contribution in [1.82, 2.24) is 9.80 Å². The number of likely N-dealkylation sites (tertiary alicyclic amines) is 1. The number of primary amides is 1. The molecule has 0 aliphatic carbocycles. The Hall–Kier alpha value is -1.88. The van der Waals surface area contributed by atoms with Crippen LogP contribution in [0.1, 0.15) is 25.3 Å². The van der Waals surface area contributed by atoms with Gasteiger partial charge in [-0.3, -0.25) is 9.59 Å². The largest absolute Gasteiger partial charge is 0.361 e. The second kappa shape index (κ2) is 10.0. The van der Waals surface area contributed by atoms with Crippen LogP contribution in [0.5, 0.6) is 0 Å². The van der Waals surface area contributed by atoms with Crippen molar-refractivity contribution in [3.63, 3.8) is 0 Å². The second-order valence-electron chi connectivity index (χ2n) is 6.40. The fourth-order valence-electron chi connectivity index (χ4n) is 2.53. The number of amides is 2. The molecule has 1 heterocycles. The van der Waals surface area contributed by atoms with Crippen LogP contribution in [-0.2, 0) is 16.0 Å². The SMILES string of the molecule is CC1CCCN(C(=O)C(N)=O)C1.CN(C)CCc1ccccc1. The lowest BCUT2D eigenvalue weighted by molar-refractivity contribution is -0.145. The van der Waals surface area contributed by atoms with E-state index < -0.39 is 11.8 Å². The lowest BCUT2D eigenvalue weighted by atomic mass is 10.0. The summed E-state index contributed by atoms with van der Waals surface area (Å²) in [5.41, 5.74) is 6.30. The van der Waals surface area contributed by atoms with Crippen LogP contribution < -0.4 is 5.73 Å². The highest BCUT2D eigenvalue weighted by atomic mass is 16.2. The molecular weight excluding hydrogens is 290 g/mol. The molecule has 1 atom stereocenters. The maximum Gasteiger partial charge on any atom is 0.311 e. The fourth-order valence-corrected chi connectivity index (χ4v) is 2.53. The maximum absolute atomic E-state index is 11.1. The number of hydrogen-bond donors (Lipinski definition) is 1. The molecule has 1 saturated heterocycles. The number of carbonyl (C=O) groups excluding carboxylic acids is 2. The van der Waals surface area contributed by atoms with Crippen molar-refractivity contribution < 1.29 is 9.59 Å². The maximum atomic E-state index is 11.1. The van der Waals surface area contributed by atoms with Crippen molar-refractivity contribution in [3.8, 4) is 0 Å². The quantitative estimate of drug-likeness (QED) is 0.859. The molecule has 0 bridgehead atoms. The van der Waals surface area contributed by atoms with Gasteiger partial charge in [0.25, 0.3) is 0 Å². The van der Waals surface area contributed by atoms with Crippen LogP contribution in [0.25, 0.3) is 0 Å². The van der Waals surface area contributed by atoms with Gasteiger partial charge in [0, 0.05) is 19.6 Å². The predicted octanol–water partition coefficient (Wildman–Crippen LogP) is 1.52. The van der Waals surface area contributed by atoms with Gasteiger partial charge in [0.2, 0.25) is 0 Å². The zero-order valence-electron chi connectivity index (χ0n) is 14.5. The van der Waals surface area contributed by atoms with Gasteiger partial charge in [0.1, 0.15) is 0 Å². The number of nitrogens with zero attached hydrogens (tertiary/aromatic N) is 2. The van der Waals surface area contributed by atoms with E-state index in [9.17, 15) is 9.59 Å². The molecule has 0 aromatic heterocycles. The van der Waals surface area contributed by atoms with Gasteiger partial charge in [0.15, 0.2) is 0 Å². The highest BCUT2D eigenvalue weighted by Crippen LogP contribution is 2.14. The first-order valence-corrected chi connectivity index (χ1v) is 8.17. The molecule has 5 nitrogen and oxygen atoms in total. The minimum atomic E-state index is -0.843. The topological polar surface area (TPSA) is 66.6 Å². The van der Waals surface area contributed by atoms with E-state index in [2.05, 4.69) is 56.3 Å². The van der Waals surface area contributed by atoms with Gasteiger partial charge in [0.05, 0.1) is 0 Å². The molecule has 1 unspecified atom stereocenters. The third kappa shape index (κ3) is 7.79. The van der Waals surface area contributed by atoms with Crippen molar-refractivity contribution in [3.05, 3.63) is 35.9 Å². The molecule has 1 aliphatic heterocycles. The lowest BCUT2D eigenvalue weighted by Crippen LogP contribution is -2.45. The predicted molar refractivity (Wildman–Crippen MR) is 92.9 cm³/mol. The number of likely N-dealkylation sites (N-methyl/N-ethyl adjacent to an activating group) is 1. The third-order valence-electron chi connectivity index (χ3n) is 3.85. The molecule has 2 rings (SSSR count). The Bertz CT molecular complexity index is 488. The van der Waals surface area contributed by atoms with Crippen LogP contribution in [0.4, 0.5) is 0 Å². The monoisotopic (exact) mass is 319 g/mol. The van der Waals surface area contributed by atoms with Crippen LogP contribution in [0, 0.1) is 5.92 Å². The molecule has 1 aromatic carbocycles. The van der Waals surface area contributed by atoms with Crippen molar-refractivity contribution in [2.24, 2.45) is 11.7 Å². The first-order chi connectivity index (χ1) is 10.9. The third-order valence-corrected chi connectivity index (χ3v) is 3.85. The normalized spacial score (nSPS) is 17.4. The smallest absolute Gasteiger partial charge is 0.311 e. The summed E-state index contributed by atoms with van der Waals surface area (Å²) in [5.74, 6) is -0.896. The highest BCUT2D eigenvalue weighted by molar-refractivity contribution is 6.34. The average Bonchev–Trinajstić information content (AvgIpc) is 2.53. The highest BCUT2D eigenvalue weighted by Gasteiger charge is 2.23. The zero-order valence-corrected chi connectivity index (χ0v) is 14.5. The Morgan fingerprint density at radius 2 is 1.91 bits per heavy atom. The Kier molecular flexibility index (Phi) is 8.33. The van der Waals surface area contributed by atoms with Crippen LogP contribution in [-0.4, -0.2) is 55.3 Å². The Balaban J connectivity index is 0.000000231. The van der Waals surface area contributed by atoms with Gasteiger partial charge >= 0.3 is 11.8 Å². The van der Waals surface area contributed by atoms with Gasteiger partial charge in [-0.05, 0) is 44.8 Å². The average molecular weight is 319 g/mol. The molecule has 0 radical (unpaired) electrons. The van der Waals surface area contributed by atoms with Gasteiger partial charge in [-0.25, -0.2) is 0 Å². The second-order valence-corrected chi connectivity index (χ2v) is 6.40. The van der Waals surface area contributed by atoms with E-state index in [0.29, 0.717) is 19.0 Å². The first-order valence-electron chi connectivity index (χ1n) is 8.17. The summed E-state index contributed by atoms with van der Waals surface area (Å²) in [7, 11) is 4.20. The van der Waals surface area contributed by atoms with Crippen LogP contribution in [0.15, 0.2) is 30.3 Å². The summed E-state index contributed by atoms with van der Waals surface area (Å²) >= 11 is 0. The number of carbonyl (C=O) groups is 2. The van der Waals surface area contributed by atoms with E-state index in [4.69, 9.17) is 5.73 Å². The first kappa shape index (κ1) is 19.2. The van der Waals surface area contributed by atoms with Crippen LogP contribution >= 0.6 is 0 Å². The zero-order chi connectivity index (χ0) is 17.2. The van der Waals surface area contributed by atoms with E-state index in [1.54, 1.807) is 0 Å². The minimum Gasteiger partial charge on any atom is -0.361 e. The number of rotatable bonds is 3. The van der Waals surface area contributed by atoms with E-state index in [-0.39, 0.29) is 0 Å². The molecule has 2 amide bonds. The molecule has 1 aromatic rings. The Morgan fingerprint density at radius 3 is 2.43 bits per heavy atom. The van der Waals surface area contributed by atoms with Gasteiger partial charge < -0.3 is 15.5 Å². The summed E-state index contributed by atoms with van der Waals surface area (Å²) in [4.78, 5) is 25.4. The van der Waals surface area contributed by atoms with E-state index in [0.717, 1.165) is 25.8 Å². The Labute approximate surface area is 139 Å². The number of benzene rings is 1. The van der Waals surface area contributed by atoms with E-state index in [1.165, 1.54) is 10.5 Å². The van der Waals surface area contributed by atoms with Crippen molar-refractivity contribution in [2.75, 3.05) is 33.7 Å². The minimum absolute atomic E-state index is 0.488. The van der Waals surface area contributed by atoms with Crippen molar-refractivity contribution in [2.45, 2.75) is 26.2 Å². The van der Waals surface area contributed by atoms with Gasteiger partial charge in [-0.1, -0.05) is 37.3 Å². The standard InChI is InChI=1S/C10H15N.C8H14N2O2/c1-11(2)9-8-10-6-4-3-5-7-10;1-6-3-2-4-10(5-6)8(12)7(9)11/h3-7H,8-9H2,1-2H3;6H,2-5H2,1H3,(H2,9,11). The summed E-state index contributed by atoms with van der Waals surface area (Å²) in [5, 5.41) is 0. The van der Waals surface area contributed by atoms with Crippen molar-refractivity contribution >= 4 is 11.8 Å². The van der Waals surface area contributed by atoms with Crippen LogP contribution in [0.3, 0.4) is 0 Å². The van der Waals surface area contributed by atoms with Crippen LogP contribution in [0.2, 0.25) is 0 Å². The molecule has 0 saturated carbocycles. The summed E-state index contributed by atoms with van der Waals surface area (Å²) in [6, 6.07) is 10.6. The lowest BCUT2D eigenvalue weighted by Gasteiger charge is -2.29. The van der Waals surface area contributed by atoms with Crippen molar-refractivity contribution in [1.29, 1.82) is 0 Å². The molecule has 1 fully saturated rings. The van der Waals surface area contributed by atoms with E-state index in [1.807, 2.05) is 0 Å². The fraction of sp³-hybridized carbons (Fsp3) is 0.556. The van der Waals surface area contributed by atoms with Gasteiger partial charge in [-0.2, -0.15) is 0 Å². The molecule has 1 aliphatic rings. The Morgan fingerprint density at radius 1 is 1.26 bits per heavy atom. The summed E-state index contributed by atoms with van der Waals surface area (Å²) in [6.45, 7) is 4.54. The van der Waals surface area contributed by atoms with Gasteiger partial charge in [-0.15, -0.1) is 0 Å². The number of nitrogens with two attached hydrogens (primary N) is 1. The number of piperidine rings is 1. The molecule has 0 spiro atoms. The molecule has 23 heavy (non-hydrogen) atoms. The summed E-state index contributed by atoms with van der Waals surface area (Å²) < 4.78 is 0. The summed E-state index contributed by atoms with van der Waals surface area (Å²) in [6.07, 6.45) is 3.25.